The maximum absolute atomic E-state index is 12.2. The molecule has 1 aliphatic carbocycles. The molecule has 2 aliphatic rings. The van der Waals surface area contributed by atoms with E-state index in [0.717, 1.165) is 12.8 Å². The van der Waals surface area contributed by atoms with E-state index < -0.39 is 11.4 Å². The highest BCUT2D eigenvalue weighted by atomic mass is 16.4. The maximum Gasteiger partial charge on any atom is 0.317 e. The zero-order chi connectivity index (χ0) is 14.2. The zero-order valence-corrected chi connectivity index (χ0v) is 12.0. The molecule has 108 valence electrons. The molecule has 1 saturated heterocycles. The van der Waals surface area contributed by atoms with E-state index in [4.69, 9.17) is 0 Å². The van der Waals surface area contributed by atoms with Gasteiger partial charge in [-0.1, -0.05) is 13.8 Å². The topological polar surface area (TPSA) is 69.6 Å². The summed E-state index contributed by atoms with van der Waals surface area (Å²) in [5.41, 5.74) is -0.786. The van der Waals surface area contributed by atoms with E-state index in [1.165, 1.54) is 0 Å². The quantitative estimate of drug-likeness (QED) is 0.804. The molecule has 0 aromatic heterocycles. The fraction of sp³-hybridized carbons (Fsp3) is 0.857. The molecule has 0 radical (unpaired) electrons. The average Bonchev–Trinajstić information content (AvgIpc) is 2.89. The van der Waals surface area contributed by atoms with Crippen LogP contribution in [0.3, 0.4) is 0 Å². The number of hydrogen-bond donors (Lipinski definition) is 2. The number of carboxylic acids is 1. The molecule has 2 fully saturated rings. The molecule has 1 heterocycles. The van der Waals surface area contributed by atoms with Gasteiger partial charge in [-0.25, -0.2) is 4.79 Å². The molecule has 2 N–H and O–H groups in total. The average molecular weight is 268 g/mol. The minimum absolute atomic E-state index is 0.101. The highest BCUT2D eigenvalue weighted by molar-refractivity contribution is 5.79. The van der Waals surface area contributed by atoms with Crippen LogP contribution in [-0.2, 0) is 4.79 Å². The number of amides is 2. The number of rotatable bonds is 2. The third kappa shape index (κ3) is 2.69. The van der Waals surface area contributed by atoms with Gasteiger partial charge in [-0.2, -0.15) is 0 Å². The van der Waals surface area contributed by atoms with E-state index in [9.17, 15) is 14.7 Å². The fourth-order valence-electron chi connectivity index (χ4n) is 3.13. The normalized spacial score (nSPS) is 38.5. The number of hydrogen-bond acceptors (Lipinski definition) is 2. The van der Waals surface area contributed by atoms with Gasteiger partial charge in [-0.05, 0) is 38.0 Å². The van der Waals surface area contributed by atoms with Crippen molar-refractivity contribution in [1.29, 1.82) is 0 Å². The number of carboxylic acid groups (broad SMARTS) is 1. The molecule has 1 saturated carbocycles. The van der Waals surface area contributed by atoms with Gasteiger partial charge in [-0.15, -0.1) is 0 Å². The lowest BCUT2D eigenvalue weighted by Gasteiger charge is -2.25. The lowest BCUT2D eigenvalue weighted by Crippen LogP contribution is -2.46. The van der Waals surface area contributed by atoms with Crippen LogP contribution in [0.25, 0.3) is 0 Å². The molecule has 2 rings (SSSR count). The van der Waals surface area contributed by atoms with E-state index >= 15 is 0 Å². The van der Waals surface area contributed by atoms with Crippen molar-refractivity contribution in [2.24, 2.45) is 17.3 Å². The van der Waals surface area contributed by atoms with Gasteiger partial charge in [0.2, 0.25) is 0 Å². The molecule has 4 atom stereocenters. The molecule has 1 aliphatic heterocycles. The first kappa shape index (κ1) is 14.2. The Morgan fingerprint density at radius 2 is 2.00 bits per heavy atom. The molecular formula is C14H24N2O3. The Balaban J connectivity index is 1.90. The number of aliphatic carboxylic acids is 1. The monoisotopic (exact) mass is 268 g/mol. The van der Waals surface area contributed by atoms with Crippen molar-refractivity contribution in [1.82, 2.24) is 10.2 Å². The molecule has 4 unspecified atom stereocenters. The molecule has 0 bridgehead atoms. The highest BCUT2D eigenvalue weighted by Crippen LogP contribution is 2.33. The largest absolute Gasteiger partial charge is 0.481 e. The lowest BCUT2D eigenvalue weighted by atomic mass is 9.90. The Bertz CT molecular complexity index is 385. The molecule has 5 nitrogen and oxygen atoms in total. The van der Waals surface area contributed by atoms with Crippen molar-refractivity contribution in [2.75, 3.05) is 13.1 Å². The Morgan fingerprint density at radius 1 is 1.32 bits per heavy atom. The van der Waals surface area contributed by atoms with Crippen LogP contribution < -0.4 is 5.32 Å². The van der Waals surface area contributed by atoms with Crippen molar-refractivity contribution in [3.05, 3.63) is 0 Å². The molecular weight excluding hydrogens is 244 g/mol. The first-order chi connectivity index (χ1) is 8.83. The van der Waals surface area contributed by atoms with E-state index in [1.807, 2.05) is 0 Å². The van der Waals surface area contributed by atoms with Crippen molar-refractivity contribution in [2.45, 2.75) is 46.1 Å². The zero-order valence-electron chi connectivity index (χ0n) is 12.0. The van der Waals surface area contributed by atoms with Crippen LogP contribution in [0.15, 0.2) is 0 Å². The summed E-state index contributed by atoms with van der Waals surface area (Å²) < 4.78 is 0. The van der Waals surface area contributed by atoms with Crippen LogP contribution in [0.5, 0.6) is 0 Å². The minimum atomic E-state index is -0.814. The van der Waals surface area contributed by atoms with Crippen LogP contribution >= 0.6 is 0 Å². The van der Waals surface area contributed by atoms with Gasteiger partial charge in [0.15, 0.2) is 0 Å². The summed E-state index contributed by atoms with van der Waals surface area (Å²) in [6.45, 7) is 6.95. The maximum atomic E-state index is 12.2. The number of nitrogens with zero attached hydrogens (tertiary/aromatic N) is 1. The number of urea groups is 1. The summed E-state index contributed by atoms with van der Waals surface area (Å²) in [4.78, 5) is 25.0. The Kier molecular flexibility index (Phi) is 3.74. The second-order valence-corrected chi connectivity index (χ2v) is 6.51. The van der Waals surface area contributed by atoms with E-state index in [1.54, 1.807) is 11.8 Å². The van der Waals surface area contributed by atoms with E-state index in [-0.39, 0.29) is 12.1 Å². The molecule has 0 aromatic carbocycles. The number of carbonyl (C=O) groups is 2. The van der Waals surface area contributed by atoms with Gasteiger partial charge in [0.1, 0.15) is 0 Å². The predicted octanol–water partition coefficient (Wildman–Crippen LogP) is 1.93. The van der Waals surface area contributed by atoms with Gasteiger partial charge in [0.05, 0.1) is 5.41 Å². The van der Waals surface area contributed by atoms with Gasteiger partial charge >= 0.3 is 12.0 Å². The van der Waals surface area contributed by atoms with E-state index in [2.05, 4.69) is 19.2 Å². The van der Waals surface area contributed by atoms with Crippen LogP contribution in [0.1, 0.15) is 40.0 Å². The minimum Gasteiger partial charge on any atom is -0.481 e. The Labute approximate surface area is 114 Å². The smallest absolute Gasteiger partial charge is 0.317 e. The molecule has 2 amide bonds. The summed E-state index contributed by atoms with van der Waals surface area (Å²) in [6, 6.07) is 0.134. The SMILES string of the molecule is CC1CCC(NC(=O)N2CCC(C)(C(=O)O)C2)C1C. The lowest BCUT2D eigenvalue weighted by molar-refractivity contribution is -0.146. The molecule has 0 aromatic rings. The van der Waals surface area contributed by atoms with Crippen molar-refractivity contribution in [3.8, 4) is 0 Å². The van der Waals surface area contributed by atoms with Gasteiger partial charge in [0, 0.05) is 19.1 Å². The standard InChI is InChI=1S/C14H24N2O3/c1-9-4-5-11(10(9)2)15-13(19)16-7-6-14(3,8-16)12(17)18/h9-11H,4-8H2,1-3H3,(H,15,19)(H,17,18). The second-order valence-electron chi connectivity index (χ2n) is 6.51. The van der Waals surface area contributed by atoms with Crippen LogP contribution in [0.2, 0.25) is 0 Å². The highest BCUT2D eigenvalue weighted by Gasteiger charge is 2.43. The second kappa shape index (κ2) is 5.02. The summed E-state index contributed by atoms with van der Waals surface area (Å²) in [5.74, 6) is 0.330. The molecule has 5 heteroatoms. The van der Waals surface area contributed by atoms with Crippen LogP contribution in [0, 0.1) is 17.3 Å². The number of likely N-dealkylation sites (tertiary alicyclic amines) is 1. The van der Waals surface area contributed by atoms with Crippen molar-refractivity contribution < 1.29 is 14.7 Å². The summed E-state index contributed by atoms with van der Waals surface area (Å²) in [5, 5.41) is 12.2. The van der Waals surface area contributed by atoms with Gasteiger partial charge < -0.3 is 15.3 Å². The van der Waals surface area contributed by atoms with Gasteiger partial charge in [-0.3, -0.25) is 4.79 Å². The summed E-state index contributed by atoms with van der Waals surface area (Å²) >= 11 is 0. The summed E-state index contributed by atoms with van der Waals surface area (Å²) in [6.07, 6.45) is 2.71. The fourth-order valence-corrected chi connectivity index (χ4v) is 3.13. The summed E-state index contributed by atoms with van der Waals surface area (Å²) in [7, 11) is 0. The first-order valence-corrected chi connectivity index (χ1v) is 7.12. The Morgan fingerprint density at radius 3 is 2.47 bits per heavy atom. The first-order valence-electron chi connectivity index (χ1n) is 7.12. The van der Waals surface area contributed by atoms with Crippen molar-refractivity contribution in [3.63, 3.8) is 0 Å². The van der Waals surface area contributed by atoms with Crippen LogP contribution in [0.4, 0.5) is 4.79 Å². The van der Waals surface area contributed by atoms with Crippen molar-refractivity contribution >= 4 is 12.0 Å². The molecule has 19 heavy (non-hydrogen) atoms. The Hall–Kier alpha value is -1.26. The number of nitrogens with one attached hydrogen (secondary N) is 1. The van der Waals surface area contributed by atoms with Crippen LogP contribution in [-0.4, -0.2) is 41.1 Å². The molecule has 0 spiro atoms. The van der Waals surface area contributed by atoms with Gasteiger partial charge in [0.25, 0.3) is 0 Å². The third-order valence-electron chi connectivity index (χ3n) is 5.05. The number of carbonyl (C=O) groups excluding carboxylic acids is 1. The van der Waals surface area contributed by atoms with E-state index in [0.29, 0.717) is 31.3 Å². The third-order valence-corrected chi connectivity index (χ3v) is 5.05. The predicted molar refractivity (Wildman–Crippen MR) is 71.8 cm³/mol.